The van der Waals surface area contributed by atoms with Crippen LogP contribution in [0, 0.1) is 0 Å². The highest BCUT2D eigenvalue weighted by molar-refractivity contribution is 6.04. The van der Waals surface area contributed by atoms with Crippen molar-refractivity contribution in [2.24, 2.45) is 5.73 Å². The lowest BCUT2D eigenvalue weighted by molar-refractivity contribution is -0.127. The summed E-state index contributed by atoms with van der Waals surface area (Å²) >= 11 is 0. The minimum atomic E-state index is -0.977. The van der Waals surface area contributed by atoms with Crippen LogP contribution in [-0.2, 0) is 4.79 Å². The molecule has 72 valence electrons. The van der Waals surface area contributed by atoms with Crippen LogP contribution in [0.2, 0.25) is 0 Å². The van der Waals surface area contributed by atoms with Crippen LogP contribution in [0.15, 0.2) is 0 Å². The standard InChI is InChI=1S/C6H10N4O3/c1-9-3(8-5(7)12)4(11)10(2)6(9)13/h3H,1-2H3,(H3,7,8,12)/t3-/m1/s1. The molecule has 1 fully saturated rings. The number of carbonyl (C=O) groups is 3. The van der Waals surface area contributed by atoms with Crippen molar-refractivity contribution in [1.29, 1.82) is 0 Å². The maximum atomic E-state index is 11.3. The lowest BCUT2D eigenvalue weighted by Crippen LogP contribution is -2.49. The quantitative estimate of drug-likeness (QED) is 0.488. The van der Waals surface area contributed by atoms with E-state index in [2.05, 4.69) is 5.32 Å². The van der Waals surface area contributed by atoms with Gasteiger partial charge >= 0.3 is 12.1 Å². The van der Waals surface area contributed by atoms with Crippen LogP contribution in [0.1, 0.15) is 0 Å². The Bertz CT molecular complexity index is 277. The average Bonchev–Trinajstić information content (AvgIpc) is 2.22. The zero-order valence-electron chi connectivity index (χ0n) is 7.27. The molecule has 0 spiro atoms. The van der Waals surface area contributed by atoms with Crippen molar-refractivity contribution in [3.05, 3.63) is 0 Å². The number of hydrogen-bond acceptors (Lipinski definition) is 3. The van der Waals surface area contributed by atoms with Crippen LogP contribution in [0.25, 0.3) is 0 Å². The van der Waals surface area contributed by atoms with E-state index >= 15 is 0 Å². The van der Waals surface area contributed by atoms with Gasteiger partial charge in [-0.05, 0) is 0 Å². The molecular weight excluding hydrogens is 176 g/mol. The summed E-state index contributed by atoms with van der Waals surface area (Å²) in [5.74, 6) is -0.494. The Balaban J connectivity index is 2.81. The first-order chi connectivity index (χ1) is 5.95. The van der Waals surface area contributed by atoms with Gasteiger partial charge in [-0.1, -0.05) is 0 Å². The largest absolute Gasteiger partial charge is 0.352 e. The Morgan fingerprint density at radius 1 is 1.46 bits per heavy atom. The summed E-state index contributed by atoms with van der Waals surface area (Å²) in [4.78, 5) is 34.9. The summed E-state index contributed by atoms with van der Waals surface area (Å²) in [5.41, 5.74) is 4.83. The van der Waals surface area contributed by atoms with E-state index < -0.39 is 24.1 Å². The Labute approximate surface area is 74.5 Å². The smallest absolute Gasteiger partial charge is 0.328 e. The highest BCUT2D eigenvalue weighted by atomic mass is 16.2. The molecule has 1 atom stereocenters. The molecule has 13 heavy (non-hydrogen) atoms. The van der Waals surface area contributed by atoms with Crippen molar-refractivity contribution < 1.29 is 14.4 Å². The molecule has 0 aromatic rings. The van der Waals surface area contributed by atoms with E-state index in [1.54, 1.807) is 0 Å². The maximum absolute atomic E-state index is 11.3. The third-order valence-corrected chi connectivity index (χ3v) is 1.82. The molecule has 0 radical (unpaired) electrons. The first-order valence-corrected chi connectivity index (χ1v) is 3.55. The molecule has 3 N–H and O–H groups in total. The van der Waals surface area contributed by atoms with Gasteiger partial charge < -0.3 is 11.1 Å². The molecule has 7 nitrogen and oxygen atoms in total. The van der Waals surface area contributed by atoms with Gasteiger partial charge in [-0.2, -0.15) is 0 Å². The lowest BCUT2D eigenvalue weighted by Gasteiger charge is -2.15. The van der Waals surface area contributed by atoms with Crippen molar-refractivity contribution in [2.45, 2.75) is 6.17 Å². The topological polar surface area (TPSA) is 95.7 Å². The van der Waals surface area contributed by atoms with Gasteiger partial charge in [0.1, 0.15) is 0 Å². The van der Waals surface area contributed by atoms with Gasteiger partial charge in [0, 0.05) is 14.1 Å². The lowest BCUT2D eigenvalue weighted by atomic mass is 10.4. The number of rotatable bonds is 1. The summed E-state index contributed by atoms with van der Waals surface area (Å²) in [7, 11) is 2.74. The van der Waals surface area contributed by atoms with Crippen LogP contribution in [0.5, 0.6) is 0 Å². The van der Waals surface area contributed by atoms with Gasteiger partial charge in [-0.15, -0.1) is 0 Å². The second-order valence-corrected chi connectivity index (χ2v) is 2.70. The molecule has 1 heterocycles. The second-order valence-electron chi connectivity index (χ2n) is 2.70. The predicted octanol–water partition coefficient (Wildman–Crippen LogP) is -1.50. The molecule has 0 bridgehead atoms. The van der Waals surface area contributed by atoms with Gasteiger partial charge in [-0.25, -0.2) is 9.59 Å². The van der Waals surface area contributed by atoms with Crippen molar-refractivity contribution in [3.63, 3.8) is 0 Å². The number of hydrogen-bond donors (Lipinski definition) is 2. The number of amides is 5. The van der Waals surface area contributed by atoms with E-state index in [0.29, 0.717) is 0 Å². The average molecular weight is 186 g/mol. The van der Waals surface area contributed by atoms with Gasteiger partial charge in [-0.3, -0.25) is 14.6 Å². The number of nitrogens with zero attached hydrogens (tertiary/aromatic N) is 2. The third kappa shape index (κ3) is 1.40. The Morgan fingerprint density at radius 3 is 2.31 bits per heavy atom. The van der Waals surface area contributed by atoms with E-state index in [4.69, 9.17) is 5.73 Å². The van der Waals surface area contributed by atoms with Crippen LogP contribution >= 0.6 is 0 Å². The molecule has 5 amide bonds. The van der Waals surface area contributed by atoms with Crippen LogP contribution in [-0.4, -0.2) is 48.0 Å². The van der Waals surface area contributed by atoms with E-state index in [1.807, 2.05) is 0 Å². The number of nitrogens with one attached hydrogen (secondary N) is 1. The van der Waals surface area contributed by atoms with Gasteiger partial charge in [0.15, 0.2) is 6.17 Å². The van der Waals surface area contributed by atoms with E-state index in [9.17, 15) is 14.4 Å². The number of nitrogens with two attached hydrogens (primary N) is 1. The van der Waals surface area contributed by atoms with Crippen molar-refractivity contribution in [3.8, 4) is 0 Å². The van der Waals surface area contributed by atoms with Gasteiger partial charge in [0.25, 0.3) is 5.91 Å². The van der Waals surface area contributed by atoms with Crippen LogP contribution < -0.4 is 11.1 Å². The summed E-state index contributed by atoms with van der Waals surface area (Å²) in [6.07, 6.45) is -0.977. The fourth-order valence-corrected chi connectivity index (χ4v) is 1.08. The highest BCUT2D eigenvalue weighted by Gasteiger charge is 2.41. The molecular formula is C6H10N4O3. The van der Waals surface area contributed by atoms with E-state index in [1.165, 1.54) is 14.1 Å². The summed E-state index contributed by atoms with van der Waals surface area (Å²) in [5, 5.41) is 2.15. The van der Waals surface area contributed by atoms with Crippen molar-refractivity contribution in [1.82, 2.24) is 15.1 Å². The number of urea groups is 2. The van der Waals surface area contributed by atoms with Gasteiger partial charge in [0.05, 0.1) is 0 Å². The number of carbonyl (C=O) groups excluding carboxylic acids is 3. The Kier molecular flexibility index (Phi) is 2.09. The normalized spacial score (nSPS) is 22.5. The Hall–Kier alpha value is -1.79. The molecule has 1 aliphatic rings. The molecule has 0 unspecified atom stereocenters. The molecule has 0 saturated carbocycles. The third-order valence-electron chi connectivity index (χ3n) is 1.82. The molecule has 1 aliphatic heterocycles. The van der Waals surface area contributed by atoms with Crippen LogP contribution in [0.4, 0.5) is 9.59 Å². The summed E-state index contributed by atoms with van der Waals surface area (Å²) in [6, 6.07) is -1.31. The predicted molar refractivity (Wildman–Crippen MR) is 42.4 cm³/mol. The van der Waals surface area contributed by atoms with Crippen LogP contribution in [0.3, 0.4) is 0 Å². The minimum Gasteiger partial charge on any atom is -0.352 e. The van der Waals surface area contributed by atoms with E-state index in [0.717, 1.165) is 9.80 Å². The summed E-state index contributed by atoms with van der Waals surface area (Å²) < 4.78 is 0. The van der Waals surface area contributed by atoms with Crippen molar-refractivity contribution >= 4 is 18.0 Å². The number of imide groups is 1. The molecule has 0 aromatic carbocycles. The fourth-order valence-electron chi connectivity index (χ4n) is 1.08. The van der Waals surface area contributed by atoms with Crippen molar-refractivity contribution in [2.75, 3.05) is 14.1 Å². The zero-order chi connectivity index (χ0) is 10.2. The SMILES string of the molecule is CN1C(=O)[C@H](NC(N)=O)N(C)C1=O. The molecule has 1 saturated heterocycles. The molecule has 0 aliphatic carbocycles. The summed E-state index contributed by atoms with van der Waals surface area (Å²) in [6.45, 7) is 0. The molecule has 0 aromatic heterocycles. The number of primary amides is 1. The Morgan fingerprint density at radius 2 is 2.00 bits per heavy atom. The molecule has 7 heteroatoms. The first kappa shape index (κ1) is 9.30. The second kappa shape index (κ2) is 2.92. The van der Waals surface area contributed by atoms with E-state index in [-0.39, 0.29) is 0 Å². The number of likely N-dealkylation sites (N-methyl/N-ethyl adjacent to an activating group) is 2. The fraction of sp³-hybridized carbons (Fsp3) is 0.500. The zero-order valence-corrected chi connectivity index (χ0v) is 7.27. The van der Waals surface area contributed by atoms with Gasteiger partial charge in [0.2, 0.25) is 0 Å². The minimum absolute atomic E-state index is 0.469. The molecule has 1 rings (SSSR count). The monoisotopic (exact) mass is 186 g/mol. The highest BCUT2D eigenvalue weighted by Crippen LogP contribution is 2.10. The maximum Gasteiger partial charge on any atom is 0.328 e. The first-order valence-electron chi connectivity index (χ1n) is 3.55.